The van der Waals surface area contributed by atoms with Crippen LogP contribution in [0.15, 0.2) is 35.5 Å². The fraction of sp³-hybridized carbons (Fsp3) is 0.600. The molecule has 0 aliphatic carbocycles. The second-order valence-electron chi connectivity index (χ2n) is 10.6. The number of esters is 1. The SMILES string of the molecule is COc1ccc(COC(=O)C2=C(CO)[C@H](C)[C@H]3[C@@H](C(C)O[Si](C)(C)C(C)(C)C)C(=O)N23)cc1. The second-order valence-corrected chi connectivity index (χ2v) is 15.3. The zero-order chi connectivity index (χ0) is 24.7. The van der Waals surface area contributed by atoms with Crippen LogP contribution in [0.4, 0.5) is 0 Å². The number of amides is 1. The van der Waals surface area contributed by atoms with Gasteiger partial charge in [-0.25, -0.2) is 4.79 Å². The second kappa shape index (κ2) is 9.23. The highest BCUT2D eigenvalue weighted by atomic mass is 28.4. The average Bonchev–Trinajstić information content (AvgIpc) is 2.99. The van der Waals surface area contributed by atoms with Gasteiger partial charge in [-0.2, -0.15) is 0 Å². The number of aliphatic hydroxyl groups is 1. The molecule has 1 aromatic carbocycles. The summed E-state index contributed by atoms with van der Waals surface area (Å²) in [6.07, 6.45) is -0.267. The van der Waals surface area contributed by atoms with Gasteiger partial charge in [0.1, 0.15) is 18.1 Å². The molecular weight excluding hydrogens is 438 g/mol. The Morgan fingerprint density at radius 1 is 1.21 bits per heavy atom. The Balaban J connectivity index is 1.74. The molecule has 8 heteroatoms. The van der Waals surface area contributed by atoms with Gasteiger partial charge in [-0.1, -0.05) is 39.8 Å². The lowest BCUT2D eigenvalue weighted by atomic mass is 9.78. The maximum absolute atomic E-state index is 13.2. The molecule has 0 bridgehead atoms. The van der Waals surface area contributed by atoms with Crippen LogP contribution in [-0.4, -0.2) is 56.1 Å². The normalized spacial score (nSPS) is 23.8. The van der Waals surface area contributed by atoms with Gasteiger partial charge in [0, 0.05) is 5.92 Å². The van der Waals surface area contributed by atoms with E-state index in [-0.39, 0.29) is 53.8 Å². The summed E-state index contributed by atoms with van der Waals surface area (Å²) in [7, 11) is -0.476. The highest BCUT2D eigenvalue weighted by Gasteiger charge is 2.61. The zero-order valence-corrected chi connectivity index (χ0v) is 22.0. The highest BCUT2D eigenvalue weighted by molar-refractivity contribution is 6.74. The molecule has 2 aliphatic rings. The van der Waals surface area contributed by atoms with E-state index in [2.05, 4.69) is 33.9 Å². The smallest absolute Gasteiger partial charge is 0.355 e. The summed E-state index contributed by atoms with van der Waals surface area (Å²) in [5.74, 6) is -0.504. The van der Waals surface area contributed by atoms with Crippen LogP contribution in [0, 0.1) is 11.8 Å². The quantitative estimate of drug-likeness (QED) is 0.349. The monoisotopic (exact) mass is 475 g/mol. The summed E-state index contributed by atoms with van der Waals surface area (Å²) < 4.78 is 17.2. The van der Waals surface area contributed by atoms with Crippen molar-refractivity contribution in [2.24, 2.45) is 11.8 Å². The van der Waals surface area contributed by atoms with Crippen LogP contribution in [-0.2, 0) is 25.4 Å². The summed E-state index contributed by atoms with van der Waals surface area (Å²) in [5, 5.41) is 10.1. The van der Waals surface area contributed by atoms with Gasteiger partial charge in [0.25, 0.3) is 0 Å². The fourth-order valence-corrected chi connectivity index (χ4v) is 5.91. The number of β-lactam (4-membered cyclic amide) rings is 1. The molecule has 1 N–H and O–H groups in total. The van der Waals surface area contributed by atoms with Gasteiger partial charge in [-0.15, -0.1) is 0 Å². The van der Waals surface area contributed by atoms with Gasteiger partial charge in [-0.3, -0.25) is 4.79 Å². The van der Waals surface area contributed by atoms with Gasteiger partial charge in [0.15, 0.2) is 8.32 Å². The lowest BCUT2D eigenvalue weighted by Crippen LogP contribution is -2.65. The number of nitrogens with zero attached hydrogens (tertiary/aromatic N) is 1. The van der Waals surface area contributed by atoms with E-state index in [4.69, 9.17) is 13.9 Å². The largest absolute Gasteiger partial charge is 0.497 e. The van der Waals surface area contributed by atoms with E-state index in [9.17, 15) is 14.7 Å². The molecule has 0 spiro atoms. The number of carbonyl (C=O) groups is 2. The van der Waals surface area contributed by atoms with Crippen LogP contribution in [0.1, 0.15) is 40.2 Å². The molecule has 182 valence electrons. The van der Waals surface area contributed by atoms with E-state index in [1.54, 1.807) is 19.2 Å². The van der Waals surface area contributed by atoms with E-state index >= 15 is 0 Å². The minimum absolute atomic E-state index is 0.0277. The van der Waals surface area contributed by atoms with Crippen LogP contribution in [0.3, 0.4) is 0 Å². The van der Waals surface area contributed by atoms with Gasteiger partial charge >= 0.3 is 5.97 Å². The lowest BCUT2D eigenvalue weighted by Gasteiger charge is -2.50. The Morgan fingerprint density at radius 3 is 2.33 bits per heavy atom. The molecule has 1 fully saturated rings. The van der Waals surface area contributed by atoms with Crippen LogP contribution in [0.5, 0.6) is 5.75 Å². The summed E-state index contributed by atoms with van der Waals surface area (Å²) >= 11 is 0. The minimum atomic E-state index is -2.06. The molecule has 0 saturated carbocycles. The van der Waals surface area contributed by atoms with E-state index in [1.807, 2.05) is 26.0 Å². The van der Waals surface area contributed by atoms with E-state index in [1.165, 1.54) is 4.90 Å². The average molecular weight is 476 g/mol. The fourth-order valence-electron chi connectivity index (χ4n) is 4.48. The van der Waals surface area contributed by atoms with Gasteiger partial charge < -0.3 is 23.9 Å². The Bertz CT molecular complexity index is 933. The Morgan fingerprint density at radius 2 is 1.82 bits per heavy atom. The number of aliphatic hydroxyl groups excluding tert-OH is 1. The van der Waals surface area contributed by atoms with Crippen molar-refractivity contribution in [1.82, 2.24) is 4.90 Å². The first-order chi connectivity index (χ1) is 15.3. The lowest BCUT2D eigenvalue weighted by molar-refractivity contribution is -0.163. The van der Waals surface area contributed by atoms with Crippen LogP contribution in [0.25, 0.3) is 0 Å². The Hall–Kier alpha value is -2.16. The number of carbonyl (C=O) groups excluding carboxylic acids is 2. The standard InChI is InChI=1S/C25H37NO6Si/c1-15-19(13-27)22(24(29)31-14-17-9-11-18(30-6)12-10-17)26-21(15)20(23(26)28)16(2)32-33(7,8)25(3,4)5/h9-12,15-16,20-21,27H,13-14H2,1-8H3/t15-,16?,20+,21-/m0/s1. The summed E-state index contributed by atoms with van der Waals surface area (Å²) in [5.41, 5.74) is 1.54. The molecule has 0 aromatic heterocycles. The van der Waals surface area contributed by atoms with Crippen molar-refractivity contribution in [3.8, 4) is 5.75 Å². The number of hydrogen-bond acceptors (Lipinski definition) is 6. The number of benzene rings is 1. The predicted octanol–water partition coefficient (Wildman–Crippen LogP) is 3.87. The predicted molar refractivity (Wildman–Crippen MR) is 128 cm³/mol. The summed E-state index contributed by atoms with van der Waals surface area (Å²) in [6.45, 7) is 14.5. The number of fused-ring (bicyclic) bond motifs is 1. The zero-order valence-electron chi connectivity index (χ0n) is 21.0. The molecule has 3 rings (SSSR count). The van der Waals surface area contributed by atoms with Crippen molar-refractivity contribution < 1.29 is 28.6 Å². The molecular formula is C25H37NO6Si. The molecule has 1 aromatic rings. The van der Waals surface area contributed by atoms with Crippen molar-refractivity contribution in [2.45, 2.75) is 71.5 Å². The summed E-state index contributed by atoms with van der Waals surface area (Å²) in [4.78, 5) is 27.7. The van der Waals surface area contributed by atoms with Crippen molar-refractivity contribution >= 4 is 20.2 Å². The number of rotatable bonds is 8. The maximum Gasteiger partial charge on any atom is 0.355 e. The molecule has 1 saturated heterocycles. The van der Waals surface area contributed by atoms with Crippen molar-refractivity contribution in [3.63, 3.8) is 0 Å². The number of ether oxygens (including phenoxy) is 2. The van der Waals surface area contributed by atoms with Crippen LogP contribution >= 0.6 is 0 Å². The van der Waals surface area contributed by atoms with E-state index in [0.717, 1.165) is 5.56 Å². The van der Waals surface area contributed by atoms with Gasteiger partial charge in [-0.05, 0) is 48.3 Å². The third kappa shape index (κ3) is 4.61. The third-order valence-corrected chi connectivity index (χ3v) is 12.1. The molecule has 1 unspecified atom stereocenters. The third-order valence-electron chi connectivity index (χ3n) is 7.48. The topological polar surface area (TPSA) is 85.3 Å². The highest BCUT2D eigenvalue weighted by Crippen LogP contribution is 2.49. The van der Waals surface area contributed by atoms with Crippen molar-refractivity contribution in [1.29, 1.82) is 0 Å². The van der Waals surface area contributed by atoms with Gasteiger partial charge in [0.2, 0.25) is 5.91 Å². The molecule has 0 radical (unpaired) electrons. The maximum atomic E-state index is 13.2. The van der Waals surface area contributed by atoms with Crippen LogP contribution in [0.2, 0.25) is 18.1 Å². The Kier molecular flexibility index (Phi) is 7.12. The number of methoxy groups -OCH3 is 1. The minimum Gasteiger partial charge on any atom is -0.497 e. The molecule has 2 heterocycles. The first-order valence-electron chi connectivity index (χ1n) is 11.5. The first-order valence-corrected chi connectivity index (χ1v) is 14.4. The van der Waals surface area contributed by atoms with E-state index in [0.29, 0.717) is 11.3 Å². The summed E-state index contributed by atoms with van der Waals surface area (Å²) in [6, 6.07) is 7.02. The number of hydrogen-bond donors (Lipinski definition) is 1. The molecule has 2 aliphatic heterocycles. The Labute approximate surface area is 197 Å². The van der Waals surface area contributed by atoms with Crippen molar-refractivity contribution in [3.05, 3.63) is 41.1 Å². The molecule has 1 amide bonds. The van der Waals surface area contributed by atoms with E-state index < -0.39 is 14.3 Å². The molecule has 33 heavy (non-hydrogen) atoms. The molecule has 4 atom stereocenters. The van der Waals surface area contributed by atoms with Crippen molar-refractivity contribution in [2.75, 3.05) is 13.7 Å². The first kappa shape index (κ1) is 25.5. The van der Waals surface area contributed by atoms with Gasteiger partial charge in [0.05, 0.1) is 31.8 Å². The van der Waals surface area contributed by atoms with Crippen LogP contribution < -0.4 is 4.74 Å². The molecule has 7 nitrogen and oxygen atoms in total.